The van der Waals surface area contributed by atoms with Gasteiger partial charge in [0.25, 0.3) is 10.0 Å². The van der Waals surface area contributed by atoms with E-state index in [-0.39, 0.29) is 21.6 Å². The number of nitrogens with zero attached hydrogens (tertiary/aromatic N) is 1. The first-order chi connectivity index (χ1) is 8.88. The SMILES string of the molecule is Nc1cc(F)ccc1S(=O)(=O)Nc1cccc(Cl)n1. The molecular weight excluding hydrogens is 293 g/mol. The van der Waals surface area contributed by atoms with Gasteiger partial charge in [-0.2, -0.15) is 0 Å². The number of sulfonamides is 1. The van der Waals surface area contributed by atoms with Gasteiger partial charge in [0.1, 0.15) is 21.7 Å². The van der Waals surface area contributed by atoms with Crippen molar-refractivity contribution in [1.82, 2.24) is 4.98 Å². The molecule has 100 valence electrons. The highest BCUT2D eigenvalue weighted by molar-refractivity contribution is 7.92. The summed E-state index contributed by atoms with van der Waals surface area (Å²) >= 11 is 5.65. The molecule has 0 spiro atoms. The third-order valence-corrected chi connectivity index (χ3v) is 3.85. The van der Waals surface area contributed by atoms with Gasteiger partial charge in [-0.05, 0) is 30.3 Å². The summed E-state index contributed by atoms with van der Waals surface area (Å²) in [5.41, 5.74) is 5.30. The molecular formula is C11H9ClFN3O2S. The lowest BCUT2D eigenvalue weighted by molar-refractivity contribution is 0.600. The molecule has 2 aromatic rings. The number of halogens is 2. The van der Waals surface area contributed by atoms with Crippen molar-refractivity contribution in [1.29, 1.82) is 0 Å². The summed E-state index contributed by atoms with van der Waals surface area (Å²) in [5.74, 6) is -0.562. The third kappa shape index (κ3) is 3.12. The molecule has 3 N–H and O–H groups in total. The number of aromatic nitrogens is 1. The van der Waals surface area contributed by atoms with Crippen LogP contribution in [0.5, 0.6) is 0 Å². The summed E-state index contributed by atoms with van der Waals surface area (Å²) < 4.78 is 39.2. The van der Waals surface area contributed by atoms with E-state index in [4.69, 9.17) is 17.3 Å². The van der Waals surface area contributed by atoms with Crippen molar-refractivity contribution in [3.63, 3.8) is 0 Å². The van der Waals surface area contributed by atoms with Crippen molar-refractivity contribution in [2.45, 2.75) is 4.90 Å². The van der Waals surface area contributed by atoms with E-state index in [1.165, 1.54) is 12.1 Å². The van der Waals surface area contributed by atoms with Crippen molar-refractivity contribution in [2.24, 2.45) is 0 Å². The second-order valence-electron chi connectivity index (χ2n) is 3.63. The number of hydrogen-bond donors (Lipinski definition) is 2. The summed E-state index contributed by atoms with van der Waals surface area (Å²) in [7, 11) is -3.94. The molecule has 0 unspecified atom stereocenters. The number of pyridine rings is 1. The molecule has 5 nitrogen and oxygen atoms in total. The number of nitrogens with two attached hydrogens (primary N) is 1. The Balaban J connectivity index is 2.38. The minimum absolute atomic E-state index is 0.0521. The lowest BCUT2D eigenvalue weighted by Crippen LogP contribution is -2.15. The second-order valence-corrected chi connectivity index (χ2v) is 5.67. The largest absolute Gasteiger partial charge is 0.398 e. The van der Waals surface area contributed by atoms with Gasteiger partial charge in [-0.15, -0.1) is 0 Å². The van der Waals surface area contributed by atoms with Crippen LogP contribution in [0, 0.1) is 5.82 Å². The third-order valence-electron chi connectivity index (χ3n) is 2.22. The van der Waals surface area contributed by atoms with Crippen LogP contribution in [0.15, 0.2) is 41.3 Å². The van der Waals surface area contributed by atoms with Gasteiger partial charge in [0, 0.05) is 0 Å². The molecule has 1 aromatic heterocycles. The molecule has 0 saturated carbocycles. The lowest BCUT2D eigenvalue weighted by Gasteiger charge is -2.09. The number of anilines is 2. The zero-order chi connectivity index (χ0) is 14.0. The molecule has 0 aliphatic rings. The fraction of sp³-hybridized carbons (Fsp3) is 0. The summed E-state index contributed by atoms with van der Waals surface area (Å²) in [6, 6.07) is 7.50. The molecule has 0 aliphatic carbocycles. The lowest BCUT2D eigenvalue weighted by atomic mass is 10.3. The van der Waals surface area contributed by atoms with Crippen LogP contribution in [0.1, 0.15) is 0 Å². The second kappa shape index (κ2) is 5.02. The van der Waals surface area contributed by atoms with E-state index in [0.29, 0.717) is 0 Å². The van der Waals surface area contributed by atoms with Crippen LogP contribution < -0.4 is 10.5 Å². The topological polar surface area (TPSA) is 85.1 Å². The number of nitrogens with one attached hydrogen (secondary N) is 1. The highest BCUT2D eigenvalue weighted by atomic mass is 35.5. The van der Waals surface area contributed by atoms with E-state index in [1.807, 2.05) is 0 Å². The minimum Gasteiger partial charge on any atom is -0.398 e. The van der Waals surface area contributed by atoms with Gasteiger partial charge in [0.2, 0.25) is 0 Å². The average Bonchev–Trinajstić information content (AvgIpc) is 2.27. The molecule has 1 aromatic carbocycles. The predicted octanol–water partition coefficient (Wildman–Crippen LogP) is 2.26. The fourth-order valence-electron chi connectivity index (χ4n) is 1.42. The molecule has 0 radical (unpaired) electrons. The van der Waals surface area contributed by atoms with E-state index in [2.05, 4.69) is 9.71 Å². The molecule has 1 heterocycles. The first-order valence-electron chi connectivity index (χ1n) is 5.09. The summed E-state index contributed by atoms with van der Waals surface area (Å²) in [5, 5.41) is 0.146. The summed E-state index contributed by atoms with van der Waals surface area (Å²) in [6.07, 6.45) is 0. The first kappa shape index (κ1) is 13.6. The normalized spacial score (nSPS) is 11.3. The zero-order valence-electron chi connectivity index (χ0n) is 9.47. The predicted molar refractivity (Wildman–Crippen MR) is 70.9 cm³/mol. The Morgan fingerprint density at radius 3 is 2.63 bits per heavy atom. The van der Waals surface area contributed by atoms with E-state index < -0.39 is 15.8 Å². The van der Waals surface area contributed by atoms with Gasteiger partial charge in [-0.25, -0.2) is 17.8 Å². The molecule has 0 fully saturated rings. The molecule has 0 aliphatic heterocycles. The Morgan fingerprint density at radius 1 is 1.26 bits per heavy atom. The van der Waals surface area contributed by atoms with Crippen LogP contribution in [0.3, 0.4) is 0 Å². The van der Waals surface area contributed by atoms with Crippen molar-refractivity contribution in [2.75, 3.05) is 10.5 Å². The van der Waals surface area contributed by atoms with Crippen molar-refractivity contribution in [3.05, 3.63) is 47.4 Å². The van der Waals surface area contributed by atoms with Crippen LogP contribution in [0.4, 0.5) is 15.9 Å². The molecule has 0 amide bonds. The van der Waals surface area contributed by atoms with Gasteiger partial charge in [0.05, 0.1) is 5.69 Å². The van der Waals surface area contributed by atoms with Crippen molar-refractivity contribution in [3.8, 4) is 0 Å². The Labute approximate surface area is 114 Å². The van der Waals surface area contributed by atoms with Gasteiger partial charge in [0.15, 0.2) is 0 Å². The number of hydrogen-bond acceptors (Lipinski definition) is 4. The number of nitrogen functional groups attached to an aromatic ring is 1. The average molecular weight is 302 g/mol. The number of benzene rings is 1. The Bertz CT molecular complexity index is 722. The van der Waals surface area contributed by atoms with E-state index >= 15 is 0 Å². The molecule has 0 bridgehead atoms. The zero-order valence-corrected chi connectivity index (χ0v) is 11.0. The van der Waals surface area contributed by atoms with Crippen molar-refractivity contribution < 1.29 is 12.8 Å². The van der Waals surface area contributed by atoms with Gasteiger partial charge >= 0.3 is 0 Å². The van der Waals surface area contributed by atoms with Crippen molar-refractivity contribution >= 4 is 33.1 Å². The Morgan fingerprint density at radius 2 is 2.00 bits per heavy atom. The van der Waals surface area contributed by atoms with Gasteiger partial charge in [-0.3, -0.25) is 4.72 Å². The van der Waals surface area contributed by atoms with Crippen LogP contribution in [0.2, 0.25) is 5.15 Å². The summed E-state index contributed by atoms with van der Waals surface area (Å²) in [6.45, 7) is 0. The van der Waals surface area contributed by atoms with Crippen LogP contribution in [-0.2, 0) is 10.0 Å². The standard InChI is InChI=1S/C11H9ClFN3O2S/c12-10-2-1-3-11(15-10)16-19(17,18)9-5-4-7(13)6-8(9)14/h1-6H,14H2,(H,15,16). The molecule has 0 atom stereocenters. The number of rotatable bonds is 3. The van der Waals surface area contributed by atoms with Crippen LogP contribution in [-0.4, -0.2) is 13.4 Å². The minimum atomic E-state index is -3.94. The highest BCUT2D eigenvalue weighted by Crippen LogP contribution is 2.22. The smallest absolute Gasteiger partial charge is 0.265 e. The quantitative estimate of drug-likeness (QED) is 0.672. The summed E-state index contributed by atoms with van der Waals surface area (Å²) in [4.78, 5) is 3.57. The van der Waals surface area contributed by atoms with Gasteiger partial charge < -0.3 is 5.73 Å². The maximum absolute atomic E-state index is 12.9. The van der Waals surface area contributed by atoms with Gasteiger partial charge in [-0.1, -0.05) is 17.7 Å². The molecule has 2 rings (SSSR count). The Kier molecular flexibility index (Phi) is 3.59. The maximum atomic E-state index is 12.9. The van der Waals surface area contributed by atoms with Crippen LogP contribution in [0.25, 0.3) is 0 Å². The van der Waals surface area contributed by atoms with Crippen LogP contribution >= 0.6 is 11.6 Å². The van der Waals surface area contributed by atoms with E-state index in [0.717, 1.165) is 18.2 Å². The highest BCUT2D eigenvalue weighted by Gasteiger charge is 2.18. The molecule has 0 saturated heterocycles. The molecule has 8 heteroatoms. The first-order valence-corrected chi connectivity index (χ1v) is 6.95. The fourth-order valence-corrected chi connectivity index (χ4v) is 2.70. The monoisotopic (exact) mass is 301 g/mol. The van der Waals surface area contributed by atoms with E-state index in [1.54, 1.807) is 6.07 Å². The maximum Gasteiger partial charge on any atom is 0.265 e. The molecule has 19 heavy (non-hydrogen) atoms. The Hall–Kier alpha value is -1.86. The van der Waals surface area contributed by atoms with E-state index in [9.17, 15) is 12.8 Å².